The zero-order valence-corrected chi connectivity index (χ0v) is 17.5. The van der Waals surface area contributed by atoms with Crippen LogP contribution in [0.3, 0.4) is 0 Å². The van der Waals surface area contributed by atoms with Gasteiger partial charge in [-0.05, 0) is 62.2 Å². The van der Waals surface area contributed by atoms with E-state index in [9.17, 15) is 0 Å². The maximum absolute atomic E-state index is 6.27. The average Bonchev–Trinajstić information content (AvgIpc) is 3.35. The molecule has 2 aromatic rings. The summed E-state index contributed by atoms with van der Waals surface area (Å²) in [6.07, 6.45) is 11.7. The van der Waals surface area contributed by atoms with Crippen LogP contribution in [-0.2, 0) is 16.7 Å². The summed E-state index contributed by atoms with van der Waals surface area (Å²) in [5, 5.41) is 5.71. The molecule has 1 unspecified atom stereocenters. The van der Waals surface area contributed by atoms with Crippen LogP contribution in [0.5, 0.6) is 5.75 Å². The van der Waals surface area contributed by atoms with E-state index in [-0.39, 0.29) is 17.2 Å². The summed E-state index contributed by atoms with van der Waals surface area (Å²) in [5.41, 5.74) is 1.28. The van der Waals surface area contributed by atoms with Gasteiger partial charge in [0.2, 0.25) is 0 Å². The fraction of sp³-hybridized carbons (Fsp3) is 0.500. The number of methoxy groups -OCH3 is 1. The van der Waals surface area contributed by atoms with Gasteiger partial charge in [-0.25, -0.2) is 0 Å². The van der Waals surface area contributed by atoms with Crippen LogP contribution in [0, 0.1) is 0 Å². The molecule has 2 aliphatic rings. The predicted octanol–water partition coefficient (Wildman–Crippen LogP) is 4.63. The molecule has 152 valence electrons. The molecule has 0 radical (unpaired) electrons. The SMILES string of the molecule is COc1ccsc1CNCCC1(c2ccccn2)CCOC2(CC=CC2)C1.N. The quantitative estimate of drug-likeness (QED) is 0.522. The summed E-state index contributed by atoms with van der Waals surface area (Å²) in [5.74, 6) is 0.981. The number of pyridine rings is 1. The first-order valence-electron chi connectivity index (χ1n) is 9.77. The number of thiophene rings is 1. The lowest BCUT2D eigenvalue weighted by Gasteiger charge is -2.46. The lowest BCUT2D eigenvalue weighted by molar-refractivity contribution is -0.100. The molecular weight excluding hydrogens is 370 g/mol. The molecule has 6 heteroatoms. The van der Waals surface area contributed by atoms with E-state index in [4.69, 9.17) is 14.5 Å². The maximum Gasteiger partial charge on any atom is 0.134 e. The van der Waals surface area contributed by atoms with Crippen molar-refractivity contribution >= 4 is 11.3 Å². The van der Waals surface area contributed by atoms with E-state index in [1.54, 1.807) is 18.4 Å². The lowest BCUT2D eigenvalue weighted by atomic mass is 9.67. The van der Waals surface area contributed by atoms with E-state index >= 15 is 0 Å². The Balaban J connectivity index is 0.00000225. The highest BCUT2D eigenvalue weighted by atomic mass is 32.1. The Hall–Kier alpha value is -1.73. The topological polar surface area (TPSA) is 78.4 Å². The van der Waals surface area contributed by atoms with Crippen LogP contribution in [-0.4, -0.2) is 30.8 Å². The summed E-state index contributed by atoms with van der Waals surface area (Å²) < 4.78 is 11.7. The molecule has 0 bridgehead atoms. The van der Waals surface area contributed by atoms with Crippen molar-refractivity contribution in [3.63, 3.8) is 0 Å². The molecule has 1 fully saturated rings. The van der Waals surface area contributed by atoms with E-state index in [1.165, 1.54) is 10.6 Å². The van der Waals surface area contributed by atoms with Crippen LogP contribution in [0.1, 0.15) is 42.7 Å². The van der Waals surface area contributed by atoms with Crippen LogP contribution in [0.15, 0.2) is 48.0 Å². The monoisotopic (exact) mass is 401 g/mol. The number of ether oxygens (including phenoxy) is 2. The third-order valence-corrected chi connectivity index (χ3v) is 6.90. The lowest BCUT2D eigenvalue weighted by Crippen LogP contribution is -2.47. The number of nitrogens with one attached hydrogen (secondary N) is 1. The summed E-state index contributed by atoms with van der Waals surface area (Å²) in [7, 11) is 1.73. The van der Waals surface area contributed by atoms with Crippen molar-refractivity contribution in [2.45, 2.75) is 49.7 Å². The number of hydrogen-bond donors (Lipinski definition) is 2. The third-order valence-electron chi connectivity index (χ3n) is 5.99. The molecule has 0 saturated carbocycles. The summed E-state index contributed by atoms with van der Waals surface area (Å²) in [6, 6.07) is 8.35. The van der Waals surface area contributed by atoms with Crippen molar-refractivity contribution in [2.24, 2.45) is 0 Å². The second-order valence-electron chi connectivity index (χ2n) is 7.67. The van der Waals surface area contributed by atoms with E-state index in [0.29, 0.717) is 0 Å². The molecule has 1 saturated heterocycles. The molecule has 0 amide bonds. The molecule has 1 spiro atoms. The van der Waals surface area contributed by atoms with E-state index in [0.717, 1.165) is 57.6 Å². The Labute approximate surface area is 171 Å². The van der Waals surface area contributed by atoms with Crippen molar-refractivity contribution in [1.29, 1.82) is 0 Å². The van der Waals surface area contributed by atoms with Crippen molar-refractivity contribution in [3.05, 3.63) is 58.6 Å². The normalized spacial score (nSPS) is 22.9. The van der Waals surface area contributed by atoms with Gasteiger partial charge in [-0.2, -0.15) is 0 Å². The predicted molar refractivity (Wildman–Crippen MR) is 114 cm³/mol. The van der Waals surface area contributed by atoms with Crippen molar-refractivity contribution < 1.29 is 9.47 Å². The molecule has 4 rings (SSSR count). The number of hydrogen-bond acceptors (Lipinski definition) is 6. The minimum absolute atomic E-state index is 0. The summed E-state index contributed by atoms with van der Waals surface area (Å²) in [6.45, 7) is 2.63. The Bertz CT molecular complexity index is 769. The highest BCUT2D eigenvalue weighted by molar-refractivity contribution is 7.10. The largest absolute Gasteiger partial charge is 0.496 e. The number of rotatable bonds is 7. The Morgan fingerprint density at radius 3 is 2.86 bits per heavy atom. The smallest absolute Gasteiger partial charge is 0.134 e. The molecule has 2 aromatic heterocycles. The van der Waals surface area contributed by atoms with Gasteiger partial charge in [0, 0.05) is 30.5 Å². The van der Waals surface area contributed by atoms with Gasteiger partial charge >= 0.3 is 0 Å². The molecule has 3 heterocycles. The van der Waals surface area contributed by atoms with E-state index in [2.05, 4.69) is 35.0 Å². The van der Waals surface area contributed by atoms with Gasteiger partial charge in [-0.15, -0.1) is 11.3 Å². The van der Waals surface area contributed by atoms with E-state index < -0.39 is 0 Å². The van der Waals surface area contributed by atoms with Gasteiger partial charge in [-0.3, -0.25) is 4.98 Å². The standard InChI is InChI=1S/C22H28N2O2S.H3N/c1-25-18-7-15-27-19(18)16-23-13-10-21(20-6-2-5-12-24-20)11-14-26-22(17-21)8-3-4-9-22;/h2-7,12,15,23H,8-11,13-14,16-17H2,1H3;1H3. The molecule has 0 aromatic carbocycles. The van der Waals surface area contributed by atoms with Crippen LogP contribution in [0.2, 0.25) is 0 Å². The number of nitrogens with zero attached hydrogens (tertiary/aromatic N) is 1. The molecular formula is C22H31N3O2S. The summed E-state index contributed by atoms with van der Waals surface area (Å²) in [4.78, 5) is 6.02. The first-order chi connectivity index (χ1) is 13.3. The highest BCUT2D eigenvalue weighted by Crippen LogP contribution is 2.47. The first kappa shape index (κ1) is 21.0. The zero-order chi connectivity index (χ0) is 18.6. The van der Waals surface area contributed by atoms with E-state index in [1.807, 2.05) is 18.3 Å². The van der Waals surface area contributed by atoms with Crippen LogP contribution in [0.4, 0.5) is 0 Å². The van der Waals surface area contributed by atoms with Gasteiger partial charge in [0.15, 0.2) is 0 Å². The van der Waals surface area contributed by atoms with Crippen molar-refractivity contribution in [1.82, 2.24) is 16.5 Å². The van der Waals surface area contributed by atoms with Crippen LogP contribution in [0.25, 0.3) is 0 Å². The molecule has 1 atom stereocenters. The maximum atomic E-state index is 6.27. The van der Waals surface area contributed by atoms with Crippen molar-refractivity contribution in [2.75, 3.05) is 20.3 Å². The first-order valence-corrected chi connectivity index (χ1v) is 10.6. The molecule has 1 aliphatic heterocycles. The second-order valence-corrected chi connectivity index (χ2v) is 8.67. The minimum Gasteiger partial charge on any atom is -0.496 e. The molecule has 4 N–H and O–H groups in total. The molecule has 1 aliphatic carbocycles. The average molecular weight is 402 g/mol. The van der Waals surface area contributed by atoms with Gasteiger partial charge in [0.25, 0.3) is 0 Å². The van der Waals surface area contributed by atoms with Crippen LogP contribution >= 0.6 is 11.3 Å². The minimum atomic E-state index is -0.0211. The Morgan fingerprint density at radius 1 is 1.25 bits per heavy atom. The van der Waals surface area contributed by atoms with Gasteiger partial charge in [-0.1, -0.05) is 18.2 Å². The Kier molecular flexibility index (Phi) is 6.88. The molecule has 5 nitrogen and oxygen atoms in total. The third kappa shape index (κ3) is 4.30. The number of aromatic nitrogens is 1. The highest BCUT2D eigenvalue weighted by Gasteiger charge is 2.47. The zero-order valence-electron chi connectivity index (χ0n) is 16.7. The second kappa shape index (κ2) is 9.18. The van der Waals surface area contributed by atoms with Crippen molar-refractivity contribution in [3.8, 4) is 5.75 Å². The van der Waals surface area contributed by atoms with Crippen LogP contribution < -0.4 is 16.2 Å². The van der Waals surface area contributed by atoms with Gasteiger partial charge < -0.3 is 20.9 Å². The molecule has 28 heavy (non-hydrogen) atoms. The summed E-state index contributed by atoms with van der Waals surface area (Å²) >= 11 is 1.74. The Morgan fingerprint density at radius 2 is 2.11 bits per heavy atom. The van der Waals surface area contributed by atoms with Gasteiger partial charge in [0.05, 0.1) is 17.6 Å². The fourth-order valence-electron chi connectivity index (χ4n) is 4.57. The van der Waals surface area contributed by atoms with Gasteiger partial charge in [0.1, 0.15) is 5.75 Å². The fourth-order valence-corrected chi connectivity index (χ4v) is 5.38.